The number of fused-ring (bicyclic) bond motifs is 2. The largest absolute Gasteiger partial charge is 0.444 e. The van der Waals surface area contributed by atoms with E-state index in [4.69, 9.17) is 51.3 Å². The average molecular weight is 1080 g/mol. The van der Waals surface area contributed by atoms with Crippen molar-refractivity contribution in [3.05, 3.63) is 162 Å². The van der Waals surface area contributed by atoms with Crippen LogP contribution in [0, 0.1) is 10.8 Å². The van der Waals surface area contributed by atoms with Gasteiger partial charge in [-0.05, 0) is 125 Å². The van der Waals surface area contributed by atoms with Gasteiger partial charge in [0.15, 0.2) is 0 Å². The fraction of sp³-hybridized carbons (Fsp3) is 0.323. The number of methoxy groups -OCH3 is 3. The zero-order valence-electron chi connectivity index (χ0n) is 44.5. The van der Waals surface area contributed by atoms with Crippen LogP contribution >= 0.6 is 12.4 Å². The number of rotatable bonds is 11. The maximum Gasteiger partial charge on any atom is 0.408 e. The summed E-state index contributed by atoms with van der Waals surface area (Å²) in [5.74, 6) is 5.58. The van der Waals surface area contributed by atoms with Crippen molar-refractivity contribution in [1.82, 2.24) is 24.8 Å². The Morgan fingerprint density at radius 3 is 1.55 bits per heavy atom. The number of halogens is 1. The molecule has 15 nitrogen and oxygen atoms in total. The number of pyridine rings is 4. The molecule has 8 aromatic rings. The van der Waals surface area contributed by atoms with Crippen molar-refractivity contribution in [2.75, 3.05) is 26.8 Å². The summed E-state index contributed by atoms with van der Waals surface area (Å²) in [5, 5.41) is 19.6. The highest BCUT2D eigenvalue weighted by atomic mass is 35.5. The van der Waals surface area contributed by atoms with Gasteiger partial charge in [-0.1, -0.05) is 124 Å². The highest BCUT2D eigenvalue weighted by molar-refractivity contribution is 5.95. The third kappa shape index (κ3) is 13.7. The number of carbonyl (C=O) groups excluding carboxylic acids is 1. The highest BCUT2D eigenvalue weighted by Gasteiger charge is 2.41. The molecule has 0 radical (unpaired) electrons. The predicted molar refractivity (Wildman–Crippen MR) is 318 cm³/mol. The average Bonchev–Trinajstić information content (AvgIpc) is 3.47. The topological polar surface area (TPSA) is 221 Å². The number of anilines is 1. The van der Waals surface area contributed by atoms with Gasteiger partial charge in [-0.2, -0.15) is 0 Å². The van der Waals surface area contributed by atoms with Crippen molar-refractivity contribution in [3.63, 3.8) is 0 Å². The van der Waals surface area contributed by atoms with Crippen LogP contribution in [0.1, 0.15) is 99.1 Å². The number of hydrogen-bond acceptors (Lipinski definition) is 13. The molecular weight excluding hydrogens is 1000 g/mol. The maximum atomic E-state index is 12.5. The van der Waals surface area contributed by atoms with Gasteiger partial charge >= 0.3 is 6.09 Å². The summed E-state index contributed by atoms with van der Waals surface area (Å²) >= 11 is 0. The third-order valence-corrected chi connectivity index (χ3v) is 14.0. The molecule has 2 aliphatic carbocycles. The molecule has 16 heteroatoms. The lowest BCUT2D eigenvalue weighted by atomic mass is 9.71. The number of ether oxygens (including phenoxy) is 4. The van der Waals surface area contributed by atoms with E-state index >= 15 is 0 Å². The van der Waals surface area contributed by atoms with Crippen molar-refractivity contribution in [3.8, 4) is 44.8 Å². The van der Waals surface area contributed by atoms with Gasteiger partial charge in [0.2, 0.25) is 0 Å². The normalized spacial score (nSPS) is 13.9. The lowest BCUT2D eigenvalue weighted by Gasteiger charge is -2.43. The summed E-state index contributed by atoms with van der Waals surface area (Å²) < 4.78 is 21.5. The molecule has 8 N–H and O–H groups in total. The summed E-state index contributed by atoms with van der Waals surface area (Å²) in [4.78, 5) is 27.1. The number of aromatic nitrogens is 4. The van der Waals surface area contributed by atoms with E-state index in [2.05, 4.69) is 94.6 Å². The Balaban J connectivity index is 0.000000246. The van der Waals surface area contributed by atoms with E-state index in [-0.39, 0.29) is 44.4 Å². The molecule has 0 aliphatic heterocycles. The van der Waals surface area contributed by atoms with Crippen molar-refractivity contribution in [2.45, 2.75) is 111 Å². The number of hydrogen-bond donors (Lipinski definition) is 6. The quantitative estimate of drug-likeness (QED) is 0.0235. The molecule has 0 saturated heterocycles. The van der Waals surface area contributed by atoms with Crippen LogP contribution in [0.3, 0.4) is 0 Å². The molecule has 4 heterocycles. The first kappa shape index (κ1) is 61.5. The predicted octanol–water partition coefficient (Wildman–Crippen LogP) is 13.5. The van der Waals surface area contributed by atoms with Crippen molar-refractivity contribution < 1.29 is 23.7 Å². The molecule has 2 saturated carbocycles. The van der Waals surface area contributed by atoms with Crippen LogP contribution in [0.25, 0.3) is 66.8 Å². The second-order valence-electron chi connectivity index (χ2n) is 20.1. The molecule has 2 aliphatic rings. The van der Waals surface area contributed by atoms with Gasteiger partial charge in [0.1, 0.15) is 22.7 Å². The van der Waals surface area contributed by atoms with Crippen LogP contribution in [0.4, 0.5) is 10.6 Å². The molecule has 2 fully saturated rings. The first-order valence-electron chi connectivity index (χ1n) is 25.1. The maximum absolute atomic E-state index is 12.5. The zero-order valence-corrected chi connectivity index (χ0v) is 45.3. The van der Waals surface area contributed by atoms with E-state index in [1.165, 1.54) is 33.3 Å². The number of hydrazine groups is 1. The van der Waals surface area contributed by atoms with Crippen LogP contribution in [-0.2, 0) is 30.0 Å². The molecule has 4 aromatic carbocycles. The summed E-state index contributed by atoms with van der Waals surface area (Å²) in [7, 11) is 4.56. The standard InChI is InChI=1S/C29H31N5O2.C26H25N5.C5H12O3.2CH4.ClH/c1-28(2,3)36-27(35)33-29(16-7-17-29)21-12-10-20(11-13-21)26-22(19-8-5-4-6-9-19)18-24-23(32-26)14-15-25(31-24)34-30;1-17(27)31-23-16-21(18-6-3-2-4-7-18)25(30-22(23)12-13-24(31)28)19-8-10-20(11-9-19)26(29)14-5-15-26;1-5(6-2,7-3)8-4;;;/h4-6,8-15,18H,7,16-17,30H2,1-3H3,(H,31,34)(H,33,35);2-4,6-13,16,27-28H,5,14-15,29H2,1H3;1-4H3;2*1H4;1H. The number of amides is 1. The Labute approximate surface area is 465 Å². The summed E-state index contributed by atoms with van der Waals surface area (Å²) in [6.45, 7) is 9.00. The van der Waals surface area contributed by atoms with Crippen LogP contribution in [-0.4, -0.2) is 64.4 Å². The monoisotopic (exact) mass is 1080 g/mol. The van der Waals surface area contributed by atoms with Crippen molar-refractivity contribution in [2.24, 2.45) is 11.6 Å². The Kier molecular flexibility index (Phi) is 20.4. The van der Waals surface area contributed by atoms with E-state index in [9.17, 15) is 4.79 Å². The van der Waals surface area contributed by atoms with Gasteiger partial charge in [0.25, 0.3) is 5.97 Å². The number of carbonyl (C=O) groups is 1. The number of nitrogens with zero attached hydrogens (tertiary/aromatic N) is 4. The van der Waals surface area contributed by atoms with Gasteiger partial charge in [0.05, 0.1) is 39.0 Å². The minimum Gasteiger partial charge on any atom is -0.444 e. The minimum absolute atomic E-state index is 0. The number of nitrogens with one attached hydrogen (secondary N) is 4. The molecule has 1 amide bonds. The van der Waals surface area contributed by atoms with Crippen LogP contribution < -0.4 is 27.8 Å². The smallest absolute Gasteiger partial charge is 0.408 e. The lowest BCUT2D eigenvalue weighted by Crippen LogP contribution is -2.52. The summed E-state index contributed by atoms with van der Waals surface area (Å²) in [5.41, 5.74) is 21.4. The Bertz CT molecular complexity index is 3350. The number of nitrogen functional groups attached to an aromatic ring is 1. The molecule has 78 heavy (non-hydrogen) atoms. The number of alkyl carbamates (subject to hydrolysis) is 1. The van der Waals surface area contributed by atoms with E-state index < -0.39 is 17.1 Å². The molecule has 0 unspecified atom stereocenters. The third-order valence-electron chi connectivity index (χ3n) is 14.0. The Morgan fingerprint density at radius 1 is 0.628 bits per heavy atom. The van der Waals surface area contributed by atoms with Gasteiger partial charge < -0.3 is 35.4 Å². The fourth-order valence-electron chi connectivity index (χ4n) is 9.31. The lowest BCUT2D eigenvalue weighted by molar-refractivity contribution is -0.340. The van der Waals surface area contributed by atoms with E-state index in [0.717, 1.165) is 105 Å². The van der Waals surface area contributed by atoms with Crippen LogP contribution in [0.5, 0.6) is 0 Å². The van der Waals surface area contributed by atoms with Gasteiger partial charge in [-0.15, -0.1) is 12.4 Å². The second-order valence-corrected chi connectivity index (χ2v) is 20.1. The SMILES string of the molecule is C.C.CC(=N)n1c(=N)ccc2nc(-c3ccc(C4(N)CCC4)cc3)c(-c3ccccc3)cc21.CC(C)(C)OC(=O)NC1(c2ccc(-c3nc4ccc(NN)nc4cc3-c3ccccc3)cc2)CCC1.COC(C)(OC)OC.Cl. The van der Waals surface area contributed by atoms with Crippen LogP contribution in [0.2, 0.25) is 0 Å². The van der Waals surface area contributed by atoms with Gasteiger partial charge in [0, 0.05) is 56.0 Å². The first-order valence-corrected chi connectivity index (χ1v) is 25.1. The fourth-order valence-corrected chi connectivity index (χ4v) is 9.31. The molecule has 0 bridgehead atoms. The molecule has 0 atom stereocenters. The van der Waals surface area contributed by atoms with Crippen molar-refractivity contribution in [1.29, 1.82) is 10.8 Å². The molecule has 4 aromatic heterocycles. The van der Waals surface area contributed by atoms with E-state index in [0.29, 0.717) is 11.7 Å². The van der Waals surface area contributed by atoms with Gasteiger partial charge in [-0.3, -0.25) is 15.4 Å². The molecule has 0 spiro atoms. The Morgan fingerprint density at radius 2 is 1.12 bits per heavy atom. The minimum atomic E-state index is -0.875. The van der Waals surface area contributed by atoms with E-state index in [1.807, 2.05) is 81.4 Å². The summed E-state index contributed by atoms with van der Waals surface area (Å²) in [6.07, 6.45) is 5.72. The molecular formula is C62H77ClN10O5. The first-order chi connectivity index (χ1) is 35.9. The van der Waals surface area contributed by atoms with Crippen molar-refractivity contribution >= 4 is 52.2 Å². The van der Waals surface area contributed by atoms with E-state index in [1.54, 1.807) is 24.5 Å². The van der Waals surface area contributed by atoms with Gasteiger partial charge in [-0.25, -0.2) is 25.6 Å². The summed E-state index contributed by atoms with van der Waals surface area (Å²) in [6, 6.07) is 48.5. The molecule has 10 rings (SSSR count). The number of benzene rings is 4. The molecule has 412 valence electrons. The Hall–Kier alpha value is -7.37. The number of nitrogens with two attached hydrogens (primary N) is 2. The second kappa shape index (κ2) is 25.9. The van der Waals surface area contributed by atoms with Crippen LogP contribution in [0.15, 0.2) is 146 Å². The highest BCUT2D eigenvalue weighted by Crippen LogP contribution is 2.43. The zero-order chi connectivity index (χ0) is 53.5.